The van der Waals surface area contributed by atoms with Gasteiger partial charge in [0.2, 0.25) is 0 Å². The van der Waals surface area contributed by atoms with Crippen LogP contribution in [0.4, 0.5) is 5.95 Å². The first-order chi connectivity index (χ1) is 11.7. The number of pyridine rings is 1. The van der Waals surface area contributed by atoms with Crippen molar-refractivity contribution in [1.29, 1.82) is 0 Å². The van der Waals surface area contributed by atoms with Gasteiger partial charge in [-0.25, -0.2) is 14.5 Å². The summed E-state index contributed by atoms with van der Waals surface area (Å²) in [6, 6.07) is 12.7. The minimum Gasteiger partial charge on any atom is -0.268 e. The maximum absolute atomic E-state index is 12.9. The van der Waals surface area contributed by atoms with Crippen LogP contribution in [0.1, 0.15) is 26.7 Å². The molecule has 0 amide bonds. The van der Waals surface area contributed by atoms with Crippen molar-refractivity contribution in [3.8, 4) is 5.82 Å². The molecule has 1 unspecified atom stereocenters. The second-order valence-corrected chi connectivity index (χ2v) is 5.61. The van der Waals surface area contributed by atoms with E-state index < -0.39 is 0 Å². The molecule has 0 radical (unpaired) electrons. The van der Waals surface area contributed by atoms with Crippen molar-refractivity contribution in [3.05, 3.63) is 59.0 Å². The van der Waals surface area contributed by atoms with Crippen molar-refractivity contribution in [2.24, 2.45) is 10.2 Å². The molecule has 0 bridgehead atoms. The number of hydrogen-bond donors (Lipinski definition) is 0. The monoisotopic (exact) mass is 321 g/mol. The molecule has 0 fully saturated rings. The van der Waals surface area contributed by atoms with Gasteiger partial charge in [0.15, 0.2) is 0 Å². The number of rotatable bonds is 5. The predicted molar refractivity (Wildman–Crippen MR) is 94.0 cm³/mol. The van der Waals surface area contributed by atoms with Crippen molar-refractivity contribution in [1.82, 2.24) is 14.5 Å². The van der Waals surface area contributed by atoms with Gasteiger partial charge in [0.1, 0.15) is 5.82 Å². The Kier molecular flexibility index (Phi) is 4.74. The fraction of sp³-hybridized carbons (Fsp3) is 0.278. The Morgan fingerprint density at radius 2 is 1.96 bits per heavy atom. The van der Waals surface area contributed by atoms with Crippen molar-refractivity contribution >= 4 is 16.9 Å². The molecular formula is C18H19N5O. The molecule has 0 aliphatic carbocycles. The molecule has 0 saturated heterocycles. The average Bonchev–Trinajstić information content (AvgIpc) is 2.61. The number of benzene rings is 1. The van der Waals surface area contributed by atoms with Crippen LogP contribution in [0.25, 0.3) is 16.7 Å². The molecule has 122 valence electrons. The van der Waals surface area contributed by atoms with Gasteiger partial charge >= 0.3 is 0 Å². The molecule has 0 N–H and O–H groups in total. The maximum atomic E-state index is 12.9. The molecule has 6 nitrogen and oxygen atoms in total. The number of para-hydroxylation sites is 1. The predicted octanol–water partition coefficient (Wildman–Crippen LogP) is 4.05. The third-order valence-corrected chi connectivity index (χ3v) is 3.69. The Labute approximate surface area is 139 Å². The molecular weight excluding hydrogens is 302 g/mol. The second kappa shape index (κ2) is 7.12. The van der Waals surface area contributed by atoms with Crippen LogP contribution in [-0.4, -0.2) is 20.6 Å². The number of azo groups is 1. The van der Waals surface area contributed by atoms with Gasteiger partial charge in [-0.1, -0.05) is 31.5 Å². The van der Waals surface area contributed by atoms with Crippen LogP contribution in [0, 0.1) is 0 Å². The van der Waals surface area contributed by atoms with Crippen LogP contribution in [-0.2, 0) is 0 Å². The molecule has 2 aromatic heterocycles. The van der Waals surface area contributed by atoms with Crippen molar-refractivity contribution in [3.63, 3.8) is 0 Å². The van der Waals surface area contributed by atoms with Crippen LogP contribution in [0.5, 0.6) is 0 Å². The third kappa shape index (κ3) is 3.22. The van der Waals surface area contributed by atoms with Gasteiger partial charge in [0.05, 0.1) is 16.9 Å². The summed E-state index contributed by atoms with van der Waals surface area (Å²) in [6.07, 6.45) is 3.60. The molecule has 3 rings (SSSR count). The zero-order valence-corrected chi connectivity index (χ0v) is 13.8. The zero-order valence-electron chi connectivity index (χ0n) is 13.8. The topological polar surface area (TPSA) is 72.5 Å². The zero-order chi connectivity index (χ0) is 16.9. The summed E-state index contributed by atoms with van der Waals surface area (Å²) in [6.45, 7) is 4.10. The highest BCUT2D eigenvalue weighted by atomic mass is 16.1. The van der Waals surface area contributed by atoms with Crippen molar-refractivity contribution < 1.29 is 0 Å². The molecule has 0 saturated carbocycles. The summed E-state index contributed by atoms with van der Waals surface area (Å²) in [7, 11) is 0. The van der Waals surface area contributed by atoms with E-state index in [-0.39, 0.29) is 17.5 Å². The van der Waals surface area contributed by atoms with Crippen LogP contribution >= 0.6 is 0 Å². The average molecular weight is 321 g/mol. The van der Waals surface area contributed by atoms with E-state index in [0.717, 1.165) is 12.8 Å². The lowest BCUT2D eigenvalue weighted by molar-refractivity contribution is 0.624. The van der Waals surface area contributed by atoms with Gasteiger partial charge in [0.25, 0.3) is 11.5 Å². The minimum absolute atomic E-state index is 0.0792. The summed E-state index contributed by atoms with van der Waals surface area (Å²) in [5, 5.41) is 9.07. The van der Waals surface area contributed by atoms with E-state index >= 15 is 0 Å². The van der Waals surface area contributed by atoms with Crippen LogP contribution < -0.4 is 5.56 Å². The first-order valence-corrected chi connectivity index (χ1v) is 8.04. The highest BCUT2D eigenvalue weighted by Gasteiger charge is 2.13. The van der Waals surface area contributed by atoms with Crippen LogP contribution in [0.2, 0.25) is 0 Å². The largest absolute Gasteiger partial charge is 0.268 e. The lowest BCUT2D eigenvalue weighted by Crippen LogP contribution is -2.20. The number of fused-ring (bicyclic) bond motifs is 1. The molecule has 24 heavy (non-hydrogen) atoms. The van der Waals surface area contributed by atoms with Gasteiger partial charge in [0, 0.05) is 6.20 Å². The number of aromatic nitrogens is 3. The molecule has 6 heteroatoms. The molecule has 2 heterocycles. The van der Waals surface area contributed by atoms with Crippen molar-refractivity contribution in [2.45, 2.75) is 32.7 Å². The van der Waals surface area contributed by atoms with Crippen molar-refractivity contribution in [2.75, 3.05) is 0 Å². The summed E-state index contributed by atoms with van der Waals surface area (Å²) < 4.78 is 1.41. The molecule has 3 aromatic rings. The Morgan fingerprint density at radius 1 is 1.17 bits per heavy atom. The van der Waals surface area contributed by atoms with E-state index in [1.165, 1.54) is 4.57 Å². The lowest BCUT2D eigenvalue weighted by atomic mass is 10.2. The van der Waals surface area contributed by atoms with E-state index in [9.17, 15) is 4.79 Å². The maximum Gasteiger partial charge on any atom is 0.268 e. The minimum atomic E-state index is -0.198. The fourth-order valence-corrected chi connectivity index (χ4v) is 2.51. The van der Waals surface area contributed by atoms with E-state index in [4.69, 9.17) is 0 Å². The summed E-state index contributed by atoms with van der Waals surface area (Å²) in [5.74, 6) is 0.734. The van der Waals surface area contributed by atoms with Gasteiger partial charge in [-0.05, 0) is 37.6 Å². The first-order valence-electron chi connectivity index (χ1n) is 8.04. The van der Waals surface area contributed by atoms with Crippen LogP contribution in [0.15, 0.2) is 63.7 Å². The van der Waals surface area contributed by atoms with Gasteiger partial charge in [-0.2, -0.15) is 5.11 Å². The Hall–Kier alpha value is -2.89. The number of hydrogen-bond acceptors (Lipinski definition) is 5. The molecule has 0 aliphatic heterocycles. The van der Waals surface area contributed by atoms with Gasteiger partial charge in [-0.3, -0.25) is 4.79 Å². The first kappa shape index (κ1) is 16.0. The Morgan fingerprint density at radius 3 is 2.71 bits per heavy atom. The summed E-state index contributed by atoms with van der Waals surface area (Å²) in [4.78, 5) is 21.7. The van der Waals surface area contributed by atoms with E-state index in [1.807, 2.05) is 25.1 Å². The lowest BCUT2D eigenvalue weighted by Gasteiger charge is -2.09. The Balaban J connectivity index is 2.20. The molecule has 0 spiro atoms. The van der Waals surface area contributed by atoms with E-state index in [1.54, 1.807) is 30.5 Å². The van der Waals surface area contributed by atoms with Gasteiger partial charge in [-0.15, -0.1) is 5.11 Å². The SMILES string of the molecule is CCCC(C)N=Nc1nc2ccccc2c(=O)n1-c1ccccn1. The standard InChI is InChI=1S/C18H19N5O/c1-3-8-13(2)21-22-18-20-15-10-5-4-9-14(15)17(24)23(18)16-11-6-7-12-19-16/h4-7,9-13H,3,8H2,1-2H3. The summed E-state index contributed by atoms with van der Waals surface area (Å²) in [5.41, 5.74) is 0.406. The number of nitrogens with zero attached hydrogens (tertiary/aromatic N) is 5. The second-order valence-electron chi connectivity index (χ2n) is 5.61. The van der Waals surface area contributed by atoms with E-state index in [0.29, 0.717) is 16.7 Å². The molecule has 1 atom stereocenters. The quantitative estimate of drug-likeness (QED) is 0.665. The smallest absolute Gasteiger partial charge is 0.268 e. The van der Waals surface area contributed by atoms with Gasteiger partial charge < -0.3 is 0 Å². The third-order valence-electron chi connectivity index (χ3n) is 3.69. The fourth-order valence-electron chi connectivity index (χ4n) is 2.51. The Bertz CT molecular complexity index is 918. The van der Waals surface area contributed by atoms with E-state index in [2.05, 4.69) is 27.1 Å². The normalized spacial score (nSPS) is 12.8. The highest BCUT2D eigenvalue weighted by molar-refractivity contribution is 5.78. The summed E-state index contributed by atoms with van der Waals surface area (Å²) >= 11 is 0. The molecule has 1 aromatic carbocycles. The highest BCUT2D eigenvalue weighted by Crippen LogP contribution is 2.18. The van der Waals surface area contributed by atoms with Crippen LogP contribution in [0.3, 0.4) is 0 Å². The molecule has 0 aliphatic rings.